The molecule has 0 saturated carbocycles. The van der Waals surface area contributed by atoms with Crippen LogP contribution in [0.1, 0.15) is 44.0 Å². The largest absolute Gasteiger partial charge is 0.438 e. The van der Waals surface area contributed by atoms with Gasteiger partial charge in [-0.25, -0.2) is 9.78 Å². The molecule has 0 aliphatic carbocycles. The molecule has 0 radical (unpaired) electrons. The van der Waals surface area contributed by atoms with E-state index < -0.39 is 20.5 Å². The Kier molecular flexibility index (Phi) is 7.85. The van der Waals surface area contributed by atoms with Gasteiger partial charge in [0.15, 0.2) is 20.2 Å². The number of nitrogens with one attached hydrogen (secondary N) is 1. The Bertz CT molecular complexity index is 923. The van der Waals surface area contributed by atoms with Gasteiger partial charge in [-0.2, -0.15) is 0 Å². The van der Waals surface area contributed by atoms with Crippen LogP contribution in [0.5, 0.6) is 0 Å². The smallest absolute Gasteiger partial charge is 0.405 e. The van der Waals surface area contributed by atoms with Crippen LogP contribution in [0.15, 0.2) is 35.1 Å². The number of hydrogen-bond donors (Lipinski definition) is 2. The number of halogens is 1. The van der Waals surface area contributed by atoms with Crippen molar-refractivity contribution in [2.45, 2.75) is 57.8 Å². The minimum Gasteiger partial charge on any atom is -0.438 e. The van der Waals surface area contributed by atoms with E-state index in [1.165, 1.54) is 6.07 Å². The highest BCUT2D eigenvalue weighted by Crippen LogP contribution is 2.36. The van der Waals surface area contributed by atoms with Crippen molar-refractivity contribution in [1.82, 2.24) is 9.97 Å². The summed E-state index contributed by atoms with van der Waals surface area (Å²) in [6.07, 6.45) is -0.985. The summed E-state index contributed by atoms with van der Waals surface area (Å²) in [4.78, 5) is 30.8. The number of hydrogen-bond acceptors (Lipinski definition) is 5. The van der Waals surface area contributed by atoms with Crippen molar-refractivity contribution in [3.8, 4) is 0 Å². The first-order chi connectivity index (χ1) is 13.9. The lowest BCUT2D eigenvalue weighted by atomic mass is 10.1. The molecule has 2 aromatic rings. The average molecular weight is 452 g/mol. The number of rotatable bonds is 8. The lowest BCUT2D eigenvalue weighted by molar-refractivity contribution is 0.101. The van der Waals surface area contributed by atoms with Gasteiger partial charge in [-0.15, -0.1) is 0 Å². The van der Waals surface area contributed by atoms with Crippen LogP contribution < -0.4 is 11.3 Å². The normalized spacial score (nSPS) is 13.1. The molecule has 0 aliphatic rings. The molecule has 7 nitrogen and oxygen atoms in total. The van der Waals surface area contributed by atoms with Crippen molar-refractivity contribution in [2.75, 3.05) is 6.61 Å². The first-order valence-electron chi connectivity index (χ1n) is 9.82. The number of carbonyl (C=O) groups excluding carboxylic acids is 1. The van der Waals surface area contributed by atoms with Crippen LogP contribution in [0, 0.1) is 0 Å². The van der Waals surface area contributed by atoms with Crippen molar-refractivity contribution >= 4 is 26.0 Å². The van der Waals surface area contributed by atoms with Crippen molar-refractivity contribution < 1.29 is 14.0 Å². The van der Waals surface area contributed by atoms with Gasteiger partial charge < -0.3 is 19.9 Å². The summed E-state index contributed by atoms with van der Waals surface area (Å²) in [5, 5.41) is 0.694. The summed E-state index contributed by atoms with van der Waals surface area (Å²) in [6, 6.07) is 8.54. The number of H-pyrrole nitrogens is 1. The number of nitrogens with zero attached hydrogens (tertiary/aromatic N) is 1. The molecular formula is C21H30ClN3O4Si. The Hall–Kier alpha value is -2.16. The van der Waals surface area contributed by atoms with Crippen LogP contribution in [0.4, 0.5) is 4.79 Å². The van der Waals surface area contributed by atoms with Gasteiger partial charge in [0.05, 0.1) is 5.69 Å². The van der Waals surface area contributed by atoms with E-state index in [1.54, 1.807) is 12.1 Å². The summed E-state index contributed by atoms with van der Waals surface area (Å²) in [5.74, 6) is 0.249. The number of carbonyl (C=O) groups is 1. The molecule has 0 saturated heterocycles. The van der Waals surface area contributed by atoms with Gasteiger partial charge >= 0.3 is 6.09 Å². The fourth-order valence-electron chi connectivity index (χ4n) is 2.61. The highest BCUT2D eigenvalue weighted by Gasteiger charge is 2.36. The average Bonchev–Trinajstić information content (AvgIpc) is 2.61. The second kappa shape index (κ2) is 9.76. The summed E-state index contributed by atoms with van der Waals surface area (Å²) < 4.78 is 11.4. The molecule has 1 aromatic carbocycles. The molecule has 1 atom stereocenters. The van der Waals surface area contributed by atoms with Crippen molar-refractivity contribution in [3.63, 3.8) is 0 Å². The number of primary amides is 1. The molecular weight excluding hydrogens is 422 g/mol. The monoisotopic (exact) mass is 451 g/mol. The summed E-state index contributed by atoms with van der Waals surface area (Å²) >= 11 is 5.93. The zero-order chi connectivity index (χ0) is 22.5. The number of aromatic amines is 1. The maximum atomic E-state index is 12.2. The molecule has 30 heavy (non-hydrogen) atoms. The molecule has 1 heterocycles. The Morgan fingerprint density at radius 2 is 1.90 bits per heavy atom. The van der Waals surface area contributed by atoms with Crippen LogP contribution in [0.3, 0.4) is 0 Å². The third kappa shape index (κ3) is 6.96. The molecule has 0 spiro atoms. The van der Waals surface area contributed by atoms with Gasteiger partial charge in [-0.3, -0.25) is 4.79 Å². The number of amides is 1. The van der Waals surface area contributed by atoms with Gasteiger partial charge in [-0.1, -0.05) is 44.5 Å². The topological polar surface area (TPSA) is 107 Å². The van der Waals surface area contributed by atoms with E-state index in [4.69, 9.17) is 26.5 Å². The number of benzene rings is 1. The molecule has 0 aliphatic heterocycles. The molecule has 164 valence electrons. The summed E-state index contributed by atoms with van der Waals surface area (Å²) in [7, 11) is -1.90. The van der Waals surface area contributed by atoms with E-state index in [1.807, 2.05) is 12.1 Å². The summed E-state index contributed by atoms with van der Waals surface area (Å²) in [5.41, 5.74) is 6.35. The Morgan fingerprint density at radius 3 is 2.47 bits per heavy atom. The number of aromatic nitrogens is 2. The van der Waals surface area contributed by atoms with Crippen molar-refractivity contribution in [2.24, 2.45) is 5.73 Å². The lowest BCUT2D eigenvalue weighted by Gasteiger charge is -2.36. The predicted molar refractivity (Wildman–Crippen MR) is 120 cm³/mol. The molecule has 0 bridgehead atoms. The standard InChI is InChI=1S/C21H30ClN3O4Si/c1-21(2,3)30(4,5)28-11-10-16-13-18(26)25-19(24-16)17(29-20(23)27)12-14-6-8-15(22)9-7-14/h6-9,13,17H,10-12H2,1-5H3,(H2,23,27)(H,24,25,26)/t17-/m0/s1. The fourth-order valence-corrected chi connectivity index (χ4v) is 3.78. The van der Waals surface area contributed by atoms with Gasteiger partial charge in [-0.05, 0) is 35.8 Å². The quantitative estimate of drug-likeness (QED) is 0.579. The van der Waals surface area contributed by atoms with E-state index in [-0.39, 0.29) is 16.4 Å². The third-order valence-electron chi connectivity index (χ3n) is 5.34. The second-order valence-electron chi connectivity index (χ2n) is 8.74. The van der Waals surface area contributed by atoms with Gasteiger partial charge in [0.25, 0.3) is 5.56 Å². The van der Waals surface area contributed by atoms with E-state index in [0.29, 0.717) is 30.2 Å². The third-order valence-corrected chi connectivity index (χ3v) is 10.1. The van der Waals surface area contributed by atoms with Gasteiger partial charge in [0.2, 0.25) is 0 Å². The van der Waals surface area contributed by atoms with Crippen LogP contribution >= 0.6 is 11.6 Å². The van der Waals surface area contributed by atoms with Crippen molar-refractivity contribution in [1.29, 1.82) is 0 Å². The molecule has 1 amide bonds. The number of ether oxygens (including phenoxy) is 1. The Morgan fingerprint density at radius 1 is 1.27 bits per heavy atom. The predicted octanol–water partition coefficient (Wildman–Crippen LogP) is 4.37. The van der Waals surface area contributed by atoms with Crippen molar-refractivity contribution in [3.05, 3.63) is 62.8 Å². The molecule has 9 heteroatoms. The van der Waals surface area contributed by atoms with E-state index in [2.05, 4.69) is 43.8 Å². The SMILES string of the molecule is CC(C)(C)[Si](C)(C)OCCc1cc(=O)[nH]c([C@H](Cc2ccc(Cl)cc2)OC(N)=O)n1. The number of nitrogens with two attached hydrogens (primary N) is 1. The molecule has 3 N–H and O–H groups in total. The minimum atomic E-state index is -1.90. The summed E-state index contributed by atoms with van der Waals surface area (Å²) in [6.45, 7) is 11.3. The van der Waals surface area contributed by atoms with E-state index in [0.717, 1.165) is 5.56 Å². The maximum Gasteiger partial charge on any atom is 0.405 e. The van der Waals surface area contributed by atoms with Crippen LogP contribution in [-0.4, -0.2) is 31.0 Å². The molecule has 2 rings (SSSR count). The fraction of sp³-hybridized carbons (Fsp3) is 0.476. The zero-order valence-electron chi connectivity index (χ0n) is 18.1. The molecule has 0 fully saturated rings. The first kappa shape index (κ1) is 24.1. The molecule has 0 unspecified atom stereocenters. The Labute approximate surface area is 183 Å². The van der Waals surface area contributed by atoms with Crippen LogP contribution in [-0.2, 0) is 22.0 Å². The molecule has 1 aromatic heterocycles. The van der Waals surface area contributed by atoms with Gasteiger partial charge in [0.1, 0.15) is 0 Å². The second-order valence-corrected chi connectivity index (χ2v) is 14.0. The first-order valence-corrected chi connectivity index (χ1v) is 13.1. The highest BCUT2D eigenvalue weighted by atomic mass is 35.5. The highest BCUT2D eigenvalue weighted by molar-refractivity contribution is 6.74. The lowest BCUT2D eigenvalue weighted by Crippen LogP contribution is -2.41. The Balaban J connectivity index is 2.19. The van der Waals surface area contributed by atoms with E-state index in [9.17, 15) is 9.59 Å². The van der Waals surface area contributed by atoms with E-state index >= 15 is 0 Å². The maximum absolute atomic E-state index is 12.2. The van der Waals surface area contributed by atoms with Crippen LogP contribution in [0.2, 0.25) is 23.2 Å². The van der Waals surface area contributed by atoms with Gasteiger partial charge in [0, 0.05) is 30.5 Å². The zero-order valence-corrected chi connectivity index (χ0v) is 19.9. The minimum absolute atomic E-state index is 0.0960. The van der Waals surface area contributed by atoms with Crippen LogP contribution in [0.25, 0.3) is 0 Å².